The number of rotatable bonds is 3. The van der Waals surface area contributed by atoms with Crippen molar-refractivity contribution in [3.05, 3.63) is 47.0 Å². The van der Waals surface area contributed by atoms with Gasteiger partial charge in [-0.2, -0.15) is 5.26 Å². The molecule has 0 saturated carbocycles. The number of benzene rings is 1. The van der Waals surface area contributed by atoms with E-state index in [0.29, 0.717) is 0 Å². The summed E-state index contributed by atoms with van der Waals surface area (Å²) >= 11 is 0. The summed E-state index contributed by atoms with van der Waals surface area (Å²) in [5, 5.41) is 8.53. The van der Waals surface area contributed by atoms with Crippen molar-refractivity contribution in [1.82, 2.24) is 0 Å². The molecule has 0 radical (unpaired) electrons. The van der Waals surface area contributed by atoms with Gasteiger partial charge in [0, 0.05) is 6.08 Å². The molecular formula is C16H21N. The highest BCUT2D eigenvalue weighted by Crippen LogP contribution is 2.22. The fourth-order valence-electron chi connectivity index (χ4n) is 1.70. The van der Waals surface area contributed by atoms with Crippen LogP contribution in [0.15, 0.2) is 35.9 Å². The molecule has 1 heteroatoms. The first-order valence-corrected chi connectivity index (χ1v) is 6.08. The van der Waals surface area contributed by atoms with Crippen LogP contribution in [-0.4, -0.2) is 0 Å². The summed E-state index contributed by atoms with van der Waals surface area (Å²) < 4.78 is 0. The zero-order valence-electron chi connectivity index (χ0n) is 11.2. The van der Waals surface area contributed by atoms with Gasteiger partial charge >= 0.3 is 0 Å². The Morgan fingerprint density at radius 2 is 1.82 bits per heavy atom. The molecule has 90 valence electrons. The lowest BCUT2D eigenvalue weighted by atomic mass is 9.86. The zero-order chi connectivity index (χ0) is 12.9. The third-order valence-corrected chi connectivity index (χ3v) is 2.94. The average Bonchev–Trinajstić information content (AvgIpc) is 2.26. The quantitative estimate of drug-likeness (QED) is 0.703. The van der Waals surface area contributed by atoms with E-state index in [1.807, 2.05) is 6.92 Å². The van der Waals surface area contributed by atoms with Crippen molar-refractivity contribution in [3.63, 3.8) is 0 Å². The van der Waals surface area contributed by atoms with Crippen LogP contribution in [-0.2, 0) is 11.8 Å². The van der Waals surface area contributed by atoms with E-state index < -0.39 is 0 Å². The summed E-state index contributed by atoms with van der Waals surface area (Å²) in [6, 6.07) is 10.9. The first-order valence-electron chi connectivity index (χ1n) is 6.08. The smallest absolute Gasteiger partial charge is 0.0911 e. The Kier molecular flexibility index (Phi) is 4.52. The van der Waals surface area contributed by atoms with Gasteiger partial charge in [-0.3, -0.25) is 0 Å². The Labute approximate surface area is 105 Å². The van der Waals surface area contributed by atoms with Crippen molar-refractivity contribution in [3.8, 4) is 6.07 Å². The Balaban J connectivity index is 2.64. The summed E-state index contributed by atoms with van der Waals surface area (Å²) in [4.78, 5) is 0. The van der Waals surface area contributed by atoms with Crippen LogP contribution < -0.4 is 0 Å². The second kappa shape index (κ2) is 5.68. The van der Waals surface area contributed by atoms with Gasteiger partial charge in [-0.25, -0.2) is 0 Å². The molecule has 17 heavy (non-hydrogen) atoms. The highest BCUT2D eigenvalue weighted by Gasteiger charge is 2.12. The third kappa shape index (κ3) is 4.44. The minimum atomic E-state index is 0.217. The number of aryl methyl sites for hydroxylation is 1. The SMILES string of the molecule is CC(=CC#N)CCc1ccc(C(C)(C)C)cc1. The van der Waals surface area contributed by atoms with E-state index in [0.717, 1.165) is 18.4 Å². The molecule has 0 atom stereocenters. The number of hydrogen-bond donors (Lipinski definition) is 0. The molecule has 0 aliphatic rings. The molecule has 1 aromatic rings. The van der Waals surface area contributed by atoms with Gasteiger partial charge in [-0.05, 0) is 36.3 Å². The highest BCUT2D eigenvalue weighted by molar-refractivity contribution is 5.28. The van der Waals surface area contributed by atoms with Crippen molar-refractivity contribution < 1.29 is 0 Å². The van der Waals surface area contributed by atoms with Crippen LogP contribution in [0.1, 0.15) is 45.2 Å². The van der Waals surface area contributed by atoms with E-state index in [9.17, 15) is 0 Å². The van der Waals surface area contributed by atoms with Gasteiger partial charge in [0.1, 0.15) is 0 Å². The van der Waals surface area contributed by atoms with E-state index >= 15 is 0 Å². The van der Waals surface area contributed by atoms with Gasteiger partial charge in [0.2, 0.25) is 0 Å². The van der Waals surface area contributed by atoms with Crippen LogP contribution in [0.5, 0.6) is 0 Å². The molecule has 0 aromatic heterocycles. The van der Waals surface area contributed by atoms with Crippen molar-refractivity contribution in [2.45, 2.75) is 46.0 Å². The molecule has 0 aliphatic heterocycles. The van der Waals surface area contributed by atoms with Gasteiger partial charge in [0.25, 0.3) is 0 Å². The van der Waals surface area contributed by atoms with Crippen LogP contribution in [0.25, 0.3) is 0 Å². The van der Waals surface area contributed by atoms with E-state index in [1.165, 1.54) is 11.1 Å². The molecular weight excluding hydrogens is 206 g/mol. The van der Waals surface area contributed by atoms with E-state index in [2.05, 4.69) is 51.1 Å². The summed E-state index contributed by atoms with van der Waals surface area (Å²) in [7, 11) is 0. The molecule has 1 nitrogen and oxygen atoms in total. The molecule has 0 heterocycles. The summed E-state index contributed by atoms with van der Waals surface area (Å²) in [6.45, 7) is 8.68. The summed E-state index contributed by atoms with van der Waals surface area (Å²) in [5.74, 6) is 0. The zero-order valence-corrected chi connectivity index (χ0v) is 11.2. The molecule has 0 spiro atoms. The Hall–Kier alpha value is -1.55. The lowest BCUT2D eigenvalue weighted by Crippen LogP contribution is -2.10. The van der Waals surface area contributed by atoms with Gasteiger partial charge in [0.05, 0.1) is 6.07 Å². The first-order chi connectivity index (χ1) is 7.93. The van der Waals surface area contributed by atoms with Gasteiger partial charge in [-0.15, -0.1) is 0 Å². The number of nitriles is 1. The fraction of sp³-hybridized carbons (Fsp3) is 0.438. The first kappa shape index (κ1) is 13.5. The van der Waals surface area contributed by atoms with Crippen LogP contribution in [0.2, 0.25) is 0 Å². The average molecular weight is 227 g/mol. The predicted molar refractivity (Wildman–Crippen MR) is 72.8 cm³/mol. The second-order valence-electron chi connectivity index (χ2n) is 5.57. The maximum Gasteiger partial charge on any atom is 0.0911 e. The lowest BCUT2D eigenvalue weighted by Gasteiger charge is -2.19. The van der Waals surface area contributed by atoms with Gasteiger partial charge < -0.3 is 0 Å². The third-order valence-electron chi connectivity index (χ3n) is 2.94. The molecule has 0 amide bonds. The highest BCUT2D eigenvalue weighted by atomic mass is 14.2. The lowest BCUT2D eigenvalue weighted by molar-refractivity contribution is 0.590. The Morgan fingerprint density at radius 1 is 1.24 bits per heavy atom. The van der Waals surface area contributed by atoms with Crippen molar-refractivity contribution in [2.75, 3.05) is 0 Å². The second-order valence-corrected chi connectivity index (χ2v) is 5.57. The fourth-order valence-corrected chi connectivity index (χ4v) is 1.70. The van der Waals surface area contributed by atoms with Crippen LogP contribution in [0, 0.1) is 11.3 Å². The standard InChI is InChI=1S/C16H21N/c1-13(11-12-17)5-6-14-7-9-15(10-8-14)16(2,3)4/h7-11H,5-6H2,1-4H3. The minimum Gasteiger partial charge on any atom is -0.193 e. The largest absolute Gasteiger partial charge is 0.193 e. The molecule has 0 aliphatic carbocycles. The normalized spacial score (nSPS) is 12.3. The minimum absolute atomic E-state index is 0.217. The number of hydrogen-bond acceptors (Lipinski definition) is 1. The van der Waals surface area contributed by atoms with Crippen molar-refractivity contribution in [1.29, 1.82) is 5.26 Å². The molecule has 0 N–H and O–H groups in total. The summed E-state index contributed by atoms with van der Waals surface area (Å²) in [6.07, 6.45) is 3.60. The van der Waals surface area contributed by atoms with E-state index in [4.69, 9.17) is 5.26 Å². The monoisotopic (exact) mass is 227 g/mol. The van der Waals surface area contributed by atoms with E-state index in [-0.39, 0.29) is 5.41 Å². The predicted octanol–water partition coefficient (Wildman–Crippen LogP) is 4.39. The number of allylic oxidation sites excluding steroid dienone is 2. The van der Waals surface area contributed by atoms with Crippen LogP contribution in [0.3, 0.4) is 0 Å². The summed E-state index contributed by atoms with van der Waals surface area (Å²) in [5.41, 5.74) is 4.07. The maximum absolute atomic E-state index is 8.53. The Morgan fingerprint density at radius 3 is 2.29 bits per heavy atom. The van der Waals surface area contributed by atoms with Crippen molar-refractivity contribution >= 4 is 0 Å². The Bertz CT molecular complexity index is 424. The van der Waals surface area contributed by atoms with Gasteiger partial charge in [-0.1, -0.05) is 50.6 Å². The van der Waals surface area contributed by atoms with Crippen LogP contribution >= 0.6 is 0 Å². The van der Waals surface area contributed by atoms with Gasteiger partial charge in [0.15, 0.2) is 0 Å². The molecule has 0 unspecified atom stereocenters. The molecule has 0 saturated heterocycles. The van der Waals surface area contributed by atoms with Crippen LogP contribution in [0.4, 0.5) is 0 Å². The molecule has 0 bridgehead atoms. The van der Waals surface area contributed by atoms with Crippen molar-refractivity contribution in [2.24, 2.45) is 0 Å². The topological polar surface area (TPSA) is 23.8 Å². The maximum atomic E-state index is 8.53. The molecule has 0 fully saturated rings. The number of nitrogens with zero attached hydrogens (tertiary/aromatic N) is 1. The molecule has 1 aromatic carbocycles. The van der Waals surface area contributed by atoms with E-state index in [1.54, 1.807) is 6.08 Å². The molecule has 1 rings (SSSR count).